The average molecular weight is 462 g/mol. The van der Waals surface area contributed by atoms with Crippen LogP contribution >= 0.6 is 0 Å². The highest BCUT2D eigenvalue weighted by Gasteiger charge is 2.25. The first-order valence-corrected chi connectivity index (χ1v) is 12.8. The molecule has 1 aliphatic heterocycles. The number of hydrogen-bond donors (Lipinski definition) is 1. The summed E-state index contributed by atoms with van der Waals surface area (Å²) in [7, 11) is 0. The number of nitrogens with one attached hydrogen (secondary N) is 1. The van der Waals surface area contributed by atoms with E-state index in [0.29, 0.717) is 11.9 Å². The molecule has 0 spiro atoms. The summed E-state index contributed by atoms with van der Waals surface area (Å²) in [5, 5.41) is 7.77. The molecule has 2 aliphatic rings. The van der Waals surface area contributed by atoms with Gasteiger partial charge >= 0.3 is 0 Å². The van der Waals surface area contributed by atoms with Gasteiger partial charge < -0.3 is 19.5 Å². The largest absolute Gasteiger partial charge is 0.493 e. The zero-order chi connectivity index (χ0) is 23.2. The summed E-state index contributed by atoms with van der Waals surface area (Å²) in [5.41, 5.74) is 3.83. The Morgan fingerprint density at radius 1 is 1.09 bits per heavy atom. The Kier molecular flexibility index (Phi) is 7.39. The molecule has 0 unspecified atom stereocenters. The lowest BCUT2D eigenvalue weighted by molar-refractivity contribution is 0.263. The third kappa shape index (κ3) is 5.58. The van der Waals surface area contributed by atoms with Crippen LogP contribution in [0.1, 0.15) is 68.7 Å². The van der Waals surface area contributed by atoms with E-state index < -0.39 is 0 Å². The van der Waals surface area contributed by atoms with Crippen molar-refractivity contribution in [3.8, 4) is 17.0 Å². The summed E-state index contributed by atoms with van der Waals surface area (Å²) < 4.78 is 11.6. The smallest absolute Gasteiger partial charge is 0.227 e. The third-order valence-corrected chi connectivity index (χ3v) is 6.97. The molecule has 1 aliphatic carbocycles. The van der Waals surface area contributed by atoms with Gasteiger partial charge in [-0.3, -0.25) is 0 Å². The van der Waals surface area contributed by atoms with Crippen molar-refractivity contribution in [2.45, 2.75) is 64.2 Å². The lowest BCUT2D eigenvalue weighted by atomic mass is 9.85. The Balaban J connectivity index is 1.24. The molecular formula is C27H35N5O2. The predicted octanol–water partition coefficient (Wildman–Crippen LogP) is 6.10. The number of aromatic nitrogens is 3. The fourth-order valence-corrected chi connectivity index (χ4v) is 5.19. The van der Waals surface area contributed by atoms with E-state index in [2.05, 4.69) is 20.4 Å². The second-order valence-corrected chi connectivity index (χ2v) is 9.50. The minimum absolute atomic E-state index is 0.451. The van der Waals surface area contributed by atoms with Gasteiger partial charge in [-0.2, -0.15) is 0 Å². The molecule has 0 bridgehead atoms. The molecule has 3 heterocycles. The molecule has 0 radical (unpaired) electrons. The molecule has 34 heavy (non-hydrogen) atoms. The number of ether oxygens (including phenoxy) is 1. The van der Waals surface area contributed by atoms with E-state index >= 15 is 0 Å². The molecule has 1 aromatic carbocycles. The molecule has 3 aromatic rings. The lowest BCUT2D eigenvalue weighted by Crippen LogP contribution is -2.21. The van der Waals surface area contributed by atoms with Crippen LogP contribution in [0.4, 0.5) is 11.6 Å². The Morgan fingerprint density at radius 2 is 1.94 bits per heavy atom. The molecule has 2 fully saturated rings. The molecule has 1 N–H and O–H groups in total. The highest BCUT2D eigenvalue weighted by molar-refractivity contribution is 5.66. The molecule has 0 amide bonds. The first-order chi connectivity index (χ1) is 16.8. The fourth-order valence-electron chi connectivity index (χ4n) is 5.19. The van der Waals surface area contributed by atoms with Crippen LogP contribution in [-0.2, 0) is 0 Å². The normalized spacial score (nSPS) is 17.2. The molecular weight excluding hydrogens is 426 g/mol. The van der Waals surface area contributed by atoms with Gasteiger partial charge in [-0.15, -0.1) is 0 Å². The van der Waals surface area contributed by atoms with Crippen LogP contribution in [0.3, 0.4) is 0 Å². The Hall–Kier alpha value is -2.93. The van der Waals surface area contributed by atoms with E-state index in [-0.39, 0.29) is 0 Å². The summed E-state index contributed by atoms with van der Waals surface area (Å²) in [6, 6.07) is 9.94. The van der Waals surface area contributed by atoms with Gasteiger partial charge in [-0.05, 0) is 70.3 Å². The van der Waals surface area contributed by atoms with Gasteiger partial charge in [0.1, 0.15) is 11.5 Å². The van der Waals surface area contributed by atoms with Crippen molar-refractivity contribution in [1.82, 2.24) is 20.0 Å². The van der Waals surface area contributed by atoms with Gasteiger partial charge in [0.05, 0.1) is 23.6 Å². The van der Waals surface area contributed by atoms with Crippen molar-refractivity contribution >= 4 is 11.6 Å². The first kappa shape index (κ1) is 22.8. The fraction of sp³-hybridized carbons (Fsp3) is 0.519. The summed E-state index contributed by atoms with van der Waals surface area (Å²) in [4.78, 5) is 11.8. The maximum atomic E-state index is 6.00. The van der Waals surface area contributed by atoms with Crippen LogP contribution < -0.4 is 10.1 Å². The third-order valence-electron chi connectivity index (χ3n) is 6.97. The van der Waals surface area contributed by atoms with Crippen molar-refractivity contribution in [3.63, 3.8) is 0 Å². The second kappa shape index (κ2) is 11.0. The van der Waals surface area contributed by atoms with Crippen molar-refractivity contribution < 1.29 is 9.26 Å². The van der Waals surface area contributed by atoms with E-state index in [1.165, 1.54) is 58.0 Å². The maximum Gasteiger partial charge on any atom is 0.227 e. The minimum atomic E-state index is 0.451. The summed E-state index contributed by atoms with van der Waals surface area (Å²) >= 11 is 0. The molecule has 7 nitrogen and oxygen atoms in total. The second-order valence-electron chi connectivity index (χ2n) is 9.50. The van der Waals surface area contributed by atoms with Gasteiger partial charge in [0.25, 0.3) is 0 Å². The number of anilines is 2. The van der Waals surface area contributed by atoms with Crippen LogP contribution in [0.5, 0.6) is 5.75 Å². The molecule has 180 valence electrons. The summed E-state index contributed by atoms with van der Waals surface area (Å²) in [6.07, 6.45) is 11.6. The van der Waals surface area contributed by atoms with E-state index in [4.69, 9.17) is 14.2 Å². The molecule has 0 atom stereocenters. The average Bonchev–Trinajstić information content (AvgIpc) is 3.52. The Bertz CT molecular complexity index is 1070. The zero-order valence-corrected chi connectivity index (χ0v) is 20.1. The molecule has 5 rings (SSSR count). The van der Waals surface area contributed by atoms with Crippen molar-refractivity contribution in [2.75, 3.05) is 31.6 Å². The highest BCUT2D eigenvalue weighted by atomic mass is 16.5. The van der Waals surface area contributed by atoms with Crippen LogP contribution in [-0.4, -0.2) is 46.3 Å². The number of aryl methyl sites for hydroxylation is 1. The van der Waals surface area contributed by atoms with Crippen molar-refractivity contribution in [3.05, 3.63) is 48.0 Å². The van der Waals surface area contributed by atoms with Gasteiger partial charge in [-0.1, -0.05) is 30.5 Å². The number of rotatable bonds is 9. The van der Waals surface area contributed by atoms with Gasteiger partial charge in [0.15, 0.2) is 0 Å². The number of hydrogen-bond acceptors (Lipinski definition) is 7. The van der Waals surface area contributed by atoms with E-state index in [9.17, 15) is 0 Å². The van der Waals surface area contributed by atoms with Gasteiger partial charge in [0.2, 0.25) is 5.95 Å². The quantitative estimate of drug-likeness (QED) is 0.386. The topological polar surface area (TPSA) is 76.3 Å². The monoisotopic (exact) mass is 461 g/mol. The molecule has 1 saturated carbocycles. The molecule has 2 aromatic heterocycles. The Morgan fingerprint density at radius 3 is 2.79 bits per heavy atom. The number of benzene rings is 1. The number of likely N-dealkylation sites (tertiary alicyclic amines) is 1. The lowest BCUT2D eigenvalue weighted by Gasteiger charge is -2.20. The maximum absolute atomic E-state index is 6.00. The van der Waals surface area contributed by atoms with Gasteiger partial charge in [-0.25, -0.2) is 9.97 Å². The van der Waals surface area contributed by atoms with E-state index in [1.807, 2.05) is 37.3 Å². The predicted molar refractivity (Wildman–Crippen MR) is 134 cm³/mol. The van der Waals surface area contributed by atoms with Gasteiger partial charge in [0, 0.05) is 30.4 Å². The summed E-state index contributed by atoms with van der Waals surface area (Å²) in [5.74, 6) is 2.68. The molecule has 1 saturated heterocycles. The summed E-state index contributed by atoms with van der Waals surface area (Å²) in [6.45, 7) is 6.27. The minimum Gasteiger partial charge on any atom is -0.493 e. The zero-order valence-electron chi connectivity index (χ0n) is 20.1. The highest BCUT2D eigenvalue weighted by Crippen LogP contribution is 2.38. The van der Waals surface area contributed by atoms with Crippen molar-refractivity contribution in [2.24, 2.45) is 0 Å². The van der Waals surface area contributed by atoms with E-state index in [0.717, 1.165) is 53.7 Å². The SMILES string of the molecule is Cc1onc(C2CCCCC2)c1-c1ccnc(Nc2cccc(OCCCN3CCCC3)c2)n1. The van der Waals surface area contributed by atoms with Crippen LogP contribution in [0.15, 0.2) is 41.1 Å². The molecule has 7 heteroatoms. The van der Waals surface area contributed by atoms with E-state index in [1.54, 1.807) is 6.20 Å². The van der Waals surface area contributed by atoms with Crippen molar-refractivity contribution in [1.29, 1.82) is 0 Å². The van der Waals surface area contributed by atoms with Crippen LogP contribution in [0.2, 0.25) is 0 Å². The Labute approximate surface area is 201 Å². The number of nitrogens with zero attached hydrogens (tertiary/aromatic N) is 4. The standard InChI is InChI=1S/C27H35N5O2/c1-20-25(26(31-34-20)21-9-3-2-4-10-21)24-13-14-28-27(30-24)29-22-11-7-12-23(19-22)33-18-8-17-32-15-5-6-16-32/h7,11-14,19,21H,2-6,8-10,15-18H2,1H3,(H,28,29,30). The van der Waals surface area contributed by atoms with Crippen LogP contribution in [0, 0.1) is 6.92 Å². The van der Waals surface area contributed by atoms with Crippen LogP contribution in [0.25, 0.3) is 11.3 Å². The first-order valence-electron chi connectivity index (χ1n) is 12.8.